The van der Waals surface area contributed by atoms with Gasteiger partial charge in [-0.15, -0.1) is 0 Å². The maximum absolute atomic E-state index is 12.9. The number of halogens is 1. The molecule has 4 aromatic rings. The number of imidazole rings is 1. The summed E-state index contributed by atoms with van der Waals surface area (Å²) in [5, 5.41) is 11.5. The van der Waals surface area contributed by atoms with Gasteiger partial charge in [0.1, 0.15) is 24.3 Å². The number of aryl methyl sites for hydroxylation is 2. The van der Waals surface area contributed by atoms with Crippen molar-refractivity contribution in [3.63, 3.8) is 0 Å². The predicted molar refractivity (Wildman–Crippen MR) is 138 cm³/mol. The molecular weight excluding hydrogens is 462 g/mol. The quantitative estimate of drug-likeness (QED) is 0.384. The number of ether oxygens (including phenoxy) is 1. The largest absolute Gasteiger partial charge is 0.491 e. The SMILES string of the molecule is Cc1ccc(OC[C@@H](O)Cn2c([C@@H]3CC(=O)N(c4ccc(Cl)cc4)C3)nc3ccccc32)cc1C. The van der Waals surface area contributed by atoms with Crippen molar-refractivity contribution in [1.82, 2.24) is 9.55 Å². The Morgan fingerprint density at radius 2 is 1.86 bits per heavy atom. The third kappa shape index (κ3) is 4.90. The number of hydrogen-bond acceptors (Lipinski definition) is 4. The molecule has 0 aliphatic carbocycles. The molecule has 35 heavy (non-hydrogen) atoms. The van der Waals surface area contributed by atoms with Gasteiger partial charge in [-0.1, -0.05) is 29.8 Å². The maximum atomic E-state index is 12.9. The number of aliphatic hydroxyl groups excluding tert-OH is 1. The molecule has 1 fully saturated rings. The monoisotopic (exact) mass is 489 g/mol. The fraction of sp³-hybridized carbons (Fsp3) is 0.286. The van der Waals surface area contributed by atoms with E-state index in [1.807, 2.05) is 66.1 Å². The molecule has 1 aromatic heterocycles. The highest BCUT2D eigenvalue weighted by Gasteiger charge is 2.35. The van der Waals surface area contributed by atoms with Crippen molar-refractivity contribution in [2.45, 2.75) is 38.8 Å². The van der Waals surface area contributed by atoms with E-state index < -0.39 is 6.10 Å². The molecule has 5 rings (SSSR count). The minimum atomic E-state index is -0.738. The zero-order valence-corrected chi connectivity index (χ0v) is 20.6. The number of amides is 1. The highest BCUT2D eigenvalue weighted by atomic mass is 35.5. The van der Waals surface area contributed by atoms with E-state index >= 15 is 0 Å². The summed E-state index contributed by atoms with van der Waals surface area (Å²) < 4.78 is 7.91. The number of rotatable bonds is 7. The van der Waals surface area contributed by atoms with Gasteiger partial charge < -0.3 is 19.3 Å². The van der Waals surface area contributed by atoms with Crippen molar-refractivity contribution in [1.29, 1.82) is 0 Å². The first kappa shape index (κ1) is 23.4. The number of aromatic nitrogens is 2. The van der Waals surface area contributed by atoms with Crippen molar-refractivity contribution >= 4 is 34.2 Å². The van der Waals surface area contributed by atoms with Gasteiger partial charge in [0.05, 0.1) is 17.6 Å². The number of anilines is 1. The number of aliphatic hydroxyl groups is 1. The van der Waals surface area contributed by atoms with Crippen LogP contribution in [0.15, 0.2) is 66.7 Å². The van der Waals surface area contributed by atoms with Crippen LogP contribution in [-0.4, -0.2) is 39.8 Å². The minimum absolute atomic E-state index is 0.0505. The van der Waals surface area contributed by atoms with Crippen LogP contribution in [0.4, 0.5) is 5.69 Å². The van der Waals surface area contributed by atoms with E-state index in [2.05, 4.69) is 6.92 Å². The van der Waals surface area contributed by atoms with Gasteiger partial charge in [-0.2, -0.15) is 0 Å². The number of para-hydroxylation sites is 2. The van der Waals surface area contributed by atoms with Gasteiger partial charge in [0.15, 0.2) is 0 Å². The molecule has 7 heteroatoms. The van der Waals surface area contributed by atoms with Crippen LogP contribution in [0.25, 0.3) is 11.0 Å². The van der Waals surface area contributed by atoms with Crippen LogP contribution in [0.3, 0.4) is 0 Å². The molecule has 1 saturated heterocycles. The lowest BCUT2D eigenvalue weighted by molar-refractivity contribution is -0.117. The molecule has 1 amide bonds. The number of fused-ring (bicyclic) bond motifs is 1. The summed E-state index contributed by atoms with van der Waals surface area (Å²) in [5.74, 6) is 1.51. The molecule has 0 bridgehead atoms. The summed E-state index contributed by atoms with van der Waals surface area (Å²) in [4.78, 5) is 19.5. The van der Waals surface area contributed by atoms with E-state index in [4.69, 9.17) is 21.3 Å². The van der Waals surface area contributed by atoms with E-state index in [-0.39, 0.29) is 18.4 Å². The van der Waals surface area contributed by atoms with E-state index in [1.165, 1.54) is 5.56 Å². The fourth-order valence-electron chi connectivity index (χ4n) is 4.61. The Bertz CT molecular complexity index is 1370. The number of nitrogens with zero attached hydrogens (tertiary/aromatic N) is 3. The van der Waals surface area contributed by atoms with Gasteiger partial charge in [0, 0.05) is 29.6 Å². The Labute approximate surface area is 209 Å². The average molecular weight is 490 g/mol. The van der Waals surface area contributed by atoms with Gasteiger partial charge in [-0.3, -0.25) is 4.79 Å². The van der Waals surface area contributed by atoms with Crippen LogP contribution >= 0.6 is 11.6 Å². The van der Waals surface area contributed by atoms with Crippen molar-refractivity contribution in [3.8, 4) is 5.75 Å². The second-order valence-electron chi connectivity index (χ2n) is 9.16. The molecule has 0 radical (unpaired) electrons. The molecule has 2 heterocycles. The number of carbonyl (C=O) groups excluding carboxylic acids is 1. The fourth-order valence-corrected chi connectivity index (χ4v) is 4.73. The second-order valence-corrected chi connectivity index (χ2v) is 9.60. The number of hydrogen-bond donors (Lipinski definition) is 1. The Balaban J connectivity index is 1.37. The molecule has 0 spiro atoms. The molecule has 2 atom stereocenters. The summed E-state index contributed by atoms with van der Waals surface area (Å²) in [7, 11) is 0. The first-order chi connectivity index (χ1) is 16.9. The Morgan fingerprint density at radius 1 is 1.09 bits per heavy atom. The molecule has 6 nitrogen and oxygen atoms in total. The smallest absolute Gasteiger partial charge is 0.227 e. The summed E-state index contributed by atoms with van der Waals surface area (Å²) in [5.41, 5.74) is 4.96. The minimum Gasteiger partial charge on any atom is -0.491 e. The molecular formula is C28H28ClN3O3. The number of carbonyl (C=O) groups is 1. The number of benzene rings is 3. The third-order valence-corrected chi connectivity index (χ3v) is 6.88. The van der Waals surface area contributed by atoms with E-state index in [1.54, 1.807) is 17.0 Å². The lowest BCUT2D eigenvalue weighted by Gasteiger charge is -2.19. The molecule has 1 aliphatic heterocycles. The van der Waals surface area contributed by atoms with Crippen molar-refractivity contribution in [2.24, 2.45) is 0 Å². The summed E-state index contributed by atoms with van der Waals surface area (Å²) in [6, 6.07) is 21.1. The van der Waals surface area contributed by atoms with E-state index in [0.29, 0.717) is 24.5 Å². The van der Waals surface area contributed by atoms with Gasteiger partial charge in [-0.05, 0) is 73.5 Å². The van der Waals surface area contributed by atoms with Crippen LogP contribution in [0, 0.1) is 13.8 Å². The van der Waals surface area contributed by atoms with Gasteiger partial charge >= 0.3 is 0 Å². The summed E-state index contributed by atoms with van der Waals surface area (Å²) >= 11 is 6.02. The highest BCUT2D eigenvalue weighted by Crippen LogP contribution is 2.33. The second kappa shape index (κ2) is 9.72. The van der Waals surface area contributed by atoms with Crippen LogP contribution < -0.4 is 9.64 Å². The molecule has 3 aromatic carbocycles. The highest BCUT2D eigenvalue weighted by molar-refractivity contribution is 6.30. The normalized spacial score (nSPS) is 16.7. The Kier molecular flexibility index (Phi) is 6.50. The van der Waals surface area contributed by atoms with E-state index in [0.717, 1.165) is 33.9 Å². The van der Waals surface area contributed by atoms with Crippen LogP contribution in [0.2, 0.25) is 5.02 Å². The first-order valence-electron chi connectivity index (χ1n) is 11.8. The van der Waals surface area contributed by atoms with Crippen molar-refractivity contribution < 1.29 is 14.6 Å². The zero-order valence-electron chi connectivity index (χ0n) is 19.8. The Morgan fingerprint density at radius 3 is 2.63 bits per heavy atom. The summed E-state index contributed by atoms with van der Waals surface area (Å²) in [6.45, 7) is 5.11. The van der Waals surface area contributed by atoms with Crippen molar-refractivity contribution in [3.05, 3.63) is 88.7 Å². The van der Waals surface area contributed by atoms with Crippen LogP contribution in [0.5, 0.6) is 5.75 Å². The molecule has 180 valence electrons. The lowest BCUT2D eigenvalue weighted by atomic mass is 10.1. The zero-order chi connectivity index (χ0) is 24.5. The predicted octanol–water partition coefficient (Wildman–Crippen LogP) is 5.27. The lowest BCUT2D eigenvalue weighted by Crippen LogP contribution is -2.26. The molecule has 0 saturated carbocycles. The topological polar surface area (TPSA) is 67.6 Å². The Hall–Kier alpha value is -3.35. The summed E-state index contributed by atoms with van der Waals surface area (Å²) in [6.07, 6.45) is -0.376. The maximum Gasteiger partial charge on any atom is 0.227 e. The molecule has 1 N–H and O–H groups in total. The van der Waals surface area contributed by atoms with Crippen LogP contribution in [0.1, 0.15) is 29.3 Å². The third-order valence-electron chi connectivity index (χ3n) is 6.63. The van der Waals surface area contributed by atoms with Gasteiger partial charge in [0.2, 0.25) is 5.91 Å². The van der Waals surface area contributed by atoms with E-state index in [9.17, 15) is 9.90 Å². The van der Waals surface area contributed by atoms with Gasteiger partial charge in [-0.25, -0.2) is 4.98 Å². The molecule has 1 aliphatic rings. The average Bonchev–Trinajstić information content (AvgIpc) is 3.41. The standard InChI is InChI=1S/C28H28ClN3O3/c1-18-7-12-24(13-19(18)2)35-17-23(33)16-32-26-6-4-3-5-25(26)30-28(32)20-14-27(34)31(15-20)22-10-8-21(29)9-11-22/h3-13,20,23,33H,14-17H2,1-2H3/t20-,23+/m1/s1. The van der Waals surface area contributed by atoms with Crippen molar-refractivity contribution in [2.75, 3.05) is 18.1 Å². The van der Waals surface area contributed by atoms with Crippen LogP contribution in [-0.2, 0) is 11.3 Å². The first-order valence-corrected chi connectivity index (χ1v) is 12.2. The van der Waals surface area contributed by atoms with Gasteiger partial charge in [0.25, 0.3) is 0 Å². The molecule has 0 unspecified atom stereocenters.